The highest BCUT2D eigenvalue weighted by Gasteiger charge is 2.40. The zero-order valence-electron chi connectivity index (χ0n) is 9.78. The van der Waals surface area contributed by atoms with Gasteiger partial charge in [0.1, 0.15) is 0 Å². The first-order valence-corrected chi connectivity index (χ1v) is 6.13. The number of hydrogen-bond acceptors (Lipinski definition) is 3. The second-order valence-electron chi connectivity index (χ2n) is 4.61. The first-order valence-electron chi connectivity index (χ1n) is 5.75. The van der Waals surface area contributed by atoms with E-state index in [4.69, 9.17) is 16.9 Å². The van der Waals surface area contributed by atoms with E-state index in [0.29, 0.717) is 23.7 Å². The predicted molar refractivity (Wildman–Crippen MR) is 68.2 cm³/mol. The molecule has 1 fully saturated rings. The van der Waals surface area contributed by atoms with Crippen LogP contribution in [0, 0.1) is 11.3 Å². The number of nitrogens with zero attached hydrogens (tertiary/aromatic N) is 2. The van der Waals surface area contributed by atoms with E-state index in [1.807, 2.05) is 11.0 Å². The van der Waals surface area contributed by atoms with Gasteiger partial charge in [0.25, 0.3) is 0 Å². The fourth-order valence-electron chi connectivity index (χ4n) is 2.29. The van der Waals surface area contributed by atoms with Crippen LogP contribution in [0.1, 0.15) is 25.3 Å². The van der Waals surface area contributed by atoms with E-state index in [0.717, 1.165) is 18.5 Å². The lowest BCUT2D eigenvalue weighted by atomic mass is 9.89. The molecule has 0 unspecified atom stereocenters. The van der Waals surface area contributed by atoms with Crippen LogP contribution in [-0.4, -0.2) is 23.8 Å². The second-order valence-corrected chi connectivity index (χ2v) is 5.02. The first-order chi connectivity index (χ1) is 8.08. The van der Waals surface area contributed by atoms with E-state index >= 15 is 0 Å². The molecule has 0 atom stereocenters. The van der Waals surface area contributed by atoms with Crippen molar-refractivity contribution in [2.24, 2.45) is 0 Å². The van der Waals surface area contributed by atoms with Gasteiger partial charge in [0.2, 0.25) is 0 Å². The fourth-order valence-corrected chi connectivity index (χ4v) is 2.59. The molecule has 1 saturated heterocycles. The maximum Gasteiger partial charge on any atom is 0.0995 e. The summed E-state index contributed by atoms with van der Waals surface area (Å²) in [5.74, 6) is 0. The van der Waals surface area contributed by atoms with Crippen LogP contribution >= 0.6 is 11.6 Å². The number of hydrogen-bond donors (Lipinski definition) is 1. The third kappa shape index (κ3) is 2.38. The van der Waals surface area contributed by atoms with Gasteiger partial charge in [-0.2, -0.15) is 5.26 Å². The summed E-state index contributed by atoms with van der Waals surface area (Å²) in [5, 5.41) is 19.4. The molecule has 1 aromatic rings. The molecular weight excluding hydrogens is 236 g/mol. The average molecular weight is 251 g/mol. The van der Waals surface area contributed by atoms with Gasteiger partial charge >= 0.3 is 0 Å². The molecule has 1 aliphatic rings. The van der Waals surface area contributed by atoms with Gasteiger partial charge in [0, 0.05) is 13.1 Å². The molecule has 0 aromatic heterocycles. The number of nitriles is 1. The number of benzene rings is 1. The van der Waals surface area contributed by atoms with Gasteiger partial charge in [-0.05, 0) is 24.6 Å². The van der Waals surface area contributed by atoms with Crippen LogP contribution in [0.2, 0.25) is 5.02 Å². The summed E-state index contributed by atoms with van der Waals surface area (Å²) in [7, 11) is 0. The van der Waals surface area contributed by atoms with Crippen molar-refractivity contribution in [2.45, 2.75) is 25.4 Å². The molecule has 0 amide bonds. The van der Waals surface area contributed by atoms with Crippen LogP contribution in [0.3, 0.4) is 0 Å². The molecule has 0 bridgehead atoms. The molecule has 0 saturated carbocycles. The lowest BCUT2D eigenvalue weighted by molar-refractivity contribution is 0.00342. The lowest BCUT2D eigenvalue weighted by Crippen LogP contribution is -2.62. The van der Waals surface area contributed by atoms with Gasteiger partial charge in [0.15, 0.2) is 0 Å². The zero-order valence-corrected chi connectivity index (χ0v) is 10.5. The van der Waals surface area contributed by atoms with E-state index in [1.54, 1.807) is 12.1 Å². The van der Waals surface area contributed by atoms with Crippen LogP contribution in [0.25, 0.3) is 0 Å². The van der Waals surface area contributed by atoms with Crippen molar-refractivity contribution in [2.75, 3.05) is 18.0 Å². The summed E-state index contributed by atoms with van der Waals surface area (Å²) >= 11 is 6.11. The van der Waals surface area contributed by atoms with E-state index in [1.165, 1.54) is 0 Å². The quantitative estimate of drug-likeness (QED) is 0.897. The summed E-state index contributed by atoms with van der Waals surface area (Å²) < 4.78 is 0. The summed E-state index contributed by atoms with van der Waals surface area (Å²) in [4.78, 5) is 2.04. The number of halogens is 1. The molecule has 1 aliphatic heterocycles. The maximum atomic E-state index is 10.1. The first kappa shape index (κ1) is 12.2. The van der Waals surface area contributed by atoms with Crippen molar-refractivity contribution in [3.05, 3.63) is 28.8 Å². The zero-order chi connectivity index (χ0) is 12.5. The Morgan fingerprint density at radius 3 is 2.76 bits per heavy atom. The van der Waals surface area contributed by atoms with Gasteiger partial charge in [-0.15, -0.1) is 0 Å². The van der Waals surface area contributed by atoms with E-state index in [-0.39, 0.29) is 0 Å². The minimum Gasteiger partial charge on any atom is -0.386 e. The smallest absolute Gasteiger partial charge is 0.0995 e. The van der Waals surface area contributed by atoms with Gasteiger partial charge in [-0.1, -0.05) is 24.9 Å². The van der Waals surface area contributed by atoms with Crippen LogP contribution in [0.4, 0.5) is 5.69 Å². The Kier molecular flexibility index (Phi) is 3.28. The summed E-state index contributed by atoms with van der Waals surface area (Å²) in [5.41, 5.74) is 0.890. The minimum atomic E-state index is -0.564. The predicted octanol–water partition coefficient (Wildman–Crippen LogP) is 2.56. The van der Waals surface area contributed by atoms with Crippen molar-refractivity contribution in [1.82, 2.24) is 0 Å². The van der Waals surface area contributed by atoms with Crippen molar-refractivity contribution < 1.29 is 5.11 Å². The van der Waals surface area contributed by atoms with Crippen LogP contribution < -0.4 is 4.90 Å². The average Bonchev–Trinajstić information content (AvgIpc) is 2.26. The number of aliphatic hydroxyl groups is 1. The summed E-state index contributed by atoms with van der Waals surface area (Å²) in [6.07, 6.45) is 1.79. The Morgan fingerprint density at radius 2 is 2.24 bits per heavy atom. The normalized spacial score (nSPS) is 17.4. The van der Waals surface area contributed by atoms with Crippen LogP contribution in [0.5, 0.6) is 0 Å². The van der Waals surface area contributed by atoms with Gasteiger partial charge in [0.05, 0.1) is 27.9 Å². The van der Waals surface area contributed by atoms with Crippen LogP contribution in [-0.2, 0) is 0 Å². The molecule has 3 nitrogen and oxygen atoms in total. The molecule has 0 spiro atoms. The highest BCUT2D eigenvalue weighted by Crippen LogP contribution is 2.35. The van der Waals surface area contributed by atoms with E-state index in [2.05, 4.69) is 13.0 Å². The molecule has 1 aromatic carbocycles. The van der Waals surface area contributed by atoms with Gasteiger partial charge in [-0.25, -0.2) is 0 Å². The van der Waals surface area contributed by atoms with Gasteiger partial charge < -0.3 is 10.0 Å². The molecule has 1 N–H and O–H groups in total. The highest BCUT2D eigenvalue weighted by atomic mass is 35.5. The molecule has 0 aliphatic carbocycles. The monoisotopic (exact) mass is 250 g/mol. The molecule has 4 heteroatoms. The Hall–Kier alpha value is -1.24. The number of anilines is 1. The van der Waals surface area contributed by atoms with Gasteiger partial charge in [-0.3, -0.25) is 0 Å². The Labute approximate surface area is 106 Å². The maximum absolute atomic E-state index is 10.1. The Bertz CT molecular complexity index is 461. The Morgan fingerprint density at radius 1 is 1.53 bits per heavy atom. The molecule has 17 heavy (non-hydrogen) atoms. The van der Waals surface area contributed by atoms with Crippen LogP contribution in [0.15, 0.2) is 18.2 Å². The molecule has 90 valence electrons. The van der Waals surface area contributed by atoms with E-state index in [9.17, 15) is 5.11 Å². The second kappa shape index (κ2) is 4.56. The minimum absolute atomic E-state index is 0.558. The van der Waals surface area contributed by atoms with Crippen molar-refractivity contribution >= 4 is 17.3 Å². The highest BCUT2D eigenvalue weighted by molar-refractivity contribution is 6.33. The van der Waals surface area contributed by atoms with E-state index < -0.39 is 5.60 Å². The van der Waals surface area contributed by atoms with Crippen molar-refractivity contribution in [1.29, 1.82) is 5.26 Å². The molecule has 1 heterocycles. The largest absolute Gasteiger partial charge is 0.386 e. The molecular formula is C13H15ClN2O. The van der Waals surface area contributed by atoms with Crippen molar-refractivity contribution in [3.63, 3.8) is 0 Å². The number of rotatable bonds is 3. The standard InChI is InChI=1S/C13H15ClN2O/c1-2-5-13(17)8-16(9-13)12-4-3-10(7-15)6-11(12)14/h3-4,6,17H,2,5,8-9H2,1H3. The third-order valence-electron chi connectivity index (χ3n) is 3.10. The fraction of sp³-hybridized carbons (Fsp3) is 0.462. The number of β-amino-alcohol motifs (C(OH)–C–C–N with tert-alkyl or cyclic N) is 1. The third-order valence-corrected chi connectivity index (χ3v) is 3.41. The molecule has 2 rings (SSSR count). The summed E-state index contributed by atoms with van der Waals surface area (Å²) in [6.45, 7) is 3.30. The lowest BCUT2D eigenvalue weighted by Gasteiger charge is -2.48. The SMILES string of the molecule is CCCC1(O)CN(c2ccc(C#N)cc2Cl)C1. The molecule has 0 radical (unpaired) electrons. The van der Waals surface area contributed by atoms with Crippen molar-refractivity contribution in [3.8, 4) is 6.07 Å². The topological polar surface area (TPSA) is 47.3 Å². The summed E-state index contributed by atoms with van der Waals surface area (Å²) in [6, 6.07) is 7.30. The Balaban J connectivity index is 2.09.